The Balaban J connectivity index is 2.22. The van der Waals surface area contributed by atoms with Gasteiger partial charge in [0.1, 0.15) is 13.4 Å². The molecule has 0 bridgehead atoms. The summed E-state index contributed by atoms with van der Waals surface area (Å²) in [6, 6.07) is 8.92. The maximum Gasteiger partial charge on any atom is 0.229 e. The van der Waals surface area contributed by atoms with Crippen LogP contribution in [-0.2, 0) is 4.57 Å². The summed E-state index contributed by atoms with van der Waals surface area (Å²) in [7, 11) is -2.27. The first kappa shape index (κ1) is 14.4. The highest BCUT2D eigenvalue weighted by Crippen LogP contribution is 2.34. The number of nitrogens with one attached hydrogen (secondary N) is 1. The van der Waals surface area contributed by atoms with Gasteiger partial charge in [0.25, 0.3) is 0 Å². The minimum atomic E-state index is -2.27. The van der Waals surface area contributed by atoms with E-state index in [4.69, 9.17) is 4.52 Å². The van der Waals surface area contributed by atoms with Crippen LogP contribution < -0.4 is 10.6 Å². The zero-order valence-electron chi connectivity index (χ0n) is 11.6. The van der Waals surface area contributed by atoms with Crippen molar-refractivity contribution in [1.82, 2.24) is 5.16 Å². The molecule has 1 aromatic heterocycles. The van der Waals surface area contributed by atoms with Gasteiger partial charge >= 0.3 is 0 Å². The van der Waals surface area contributed by atoms with Crippen LogP contribution in [0, 0.1) is 6.92 Å². The largest absolute Gasteiger partial charge is 0.513 e. The van der Waals surface area contributed by atoms with Crippen molar-refractivity contribution in [3.8, 4) is 0 Å². The van der Waals surface area contributed by atoms with Crippen LogP contribution in [0.15, 0.2) is 41.1 Å². The molecule has 0 aliphatic rings. The molecule has 0 amide bonds. The lowest BCUT2D eigenvalue weighted by Gasteiger charge is -2.10. The molecule has 5 nitrogen and oxygen atoms in total. The number of rotatable bonds is 4. The van der Waals surface area contributed by atoms with E-state index in [0.717, 1.165) is 22.8 Å². The fourth-order valence-electron chi connectivity index (χ4n) is 1.73. The molecular weight excluding hydrogens is 275 g/mol. The number of aliphatic hydroxyl groups excluding tert-OH is 1. The van der Waals surface area contributed by atoms with Crippen molar-refractivity contribution in [2.75, 3.05) is 18.6 Å². The molecule has 0 unspecified atom stereocenters. The highest BCUT2D eigenvalue weighted by atomic mass is 31.2. The number of nitrogens with zero attached hydrogens (tertiary/aromatic N) is 1. The summed E-state index contributed by atoms with van der Waals surface area (Å²) in [5.41, 5.74) is 1.99. The van der Waals surface area contributed by atoms with Gasteiger partial charge in [-0.25, -0.2) is 0 Å². The molecule has 0 fully saturated rings. The van der Waals surface area contributed by atoms with Gasteiger partial charge in [-0.15, -0.1) is 0 Å². The Morgan fingerprint density at radius 2 is 2.00 bits per heavy atom. The van der Waals surface area contributed by atoms with Crippen LogP contribution in [0.1, 0.15) is 11.3 Å². The Morgan fingerprint density at radius 1 is 1.35 bits per heavy atom. The zero-order valence-corrected chi connectivity index (χ0v) is 12.5. The average molecular weight is 292 g/mol. The first-order valence-corrected chi connectivity index (χ1v) is 8.71. The minimum absolute atomic E-state index is 0.448. The molecule has 6 heteroatoms. The first-order chi connectivity index (χ1) is 9.40. The lowest BCUT2D eigenvalue weighted by molar-refractivity contribution is 0.429. The van der Waals surface area contributed by atoms with Gasteiger partial charge in [-0.2, -0.15) is 0 Å². The summed E-state index contributed by atoms with van der Waals surface area (Å²) in [5, 5.41) is 16.8. The summed E-state index contributed by atoms with van der Waals surface area (Å²) in [5.74, 6) is 0.448. The molecule has 106 valence electrons. The third kappa shape index (κ3) is 3.31. The fraction of sp³-hybridized carbons (Fsp3) is 0.214. The van der Waals surface area contributed by atoms with Gasteiger partial charge in [0.05, 0.1) is 11.4 Å². The van der Waals surface area contributed by atoms with Gasteiger partial charge < -0.3 is 19.5 Å². The number of benzene rings is 1. The summed E-state index contributed by atoms with van der Waals surface area (Å²) in [6.07, 6.45) is 0.963. The Kier molecular flexibility index (Phi) is 4.00. The van der Waals surface area contributed by atoms with Crippen LogP contribution in [0.3, 0.4) is 0 Å². The molecule has 0 radical (unpaired) electrons. The molecular formula is C14H17N2O3P. The van der Waals surface area contributed by atoms with E-state index in [-0.39, 0.29) is 0 Å². The normalized spacial score (nSPS) is 12.4. The second-order valence-electron chi connectivity index (χ2n) is 4.90. The third-order valence-corrected chi connectivity index (χ3v) is 4.36. The predicted octanol–water partition coefficient (Wildman–Crippen LogP) is 3.20. The molecule has 2 aromatic rings. The summed E-state index contributed by atoms with van der Waals surface area (Å²) < 4.78 is 17.0. The van der Waals surface area contributed by atoms with Gasteiger partial charge in [0.2, 0.25) is 5.88 Å². The van der Waals surface area contributed by atoms with E-state index < -0.39 is 7.14 Å². The highest BCUT2D eigenvalue weighted by molar-refractivity contribution is 7.70. The fourth-order valence-corrected chi connectivity index (χ4v) is 2.60. The van der Waals surface area contributed by atoms with Crippen LogP contribution in [0.5, 0.6) is 0 Å². The van der Waals surface area contributed by atoms with Crippen molar-refractivity contribution in [3.05, 3.63) is 47.9 Å². The lowest BCUT2D eigenvalue weighted by Crippen LogP contribution is -2.04. The van der Waals surface area contributed by atoms with E-state index in [9.17, 15) is 9.67 Å². The molecule has 0 aliphatic heterocycles. The average Bonchev–Trinajstić information content (AvgIpc) is 2.81. The van der Waals surface area contributed by atoms with Gasteiger partial charge in [0.15, 0.2) is 0 Å². The van der Waals surface area contributed by atoms with Crippen LogP contribution in [0.25, 0.3) is 5.70 Å². The third-order valence-electron chi connectivity index (χ3n) is 2.82. The van der Waals surface area contributed by atoms with Gasteiger partial charge in [-0.05, 0) is 20.3 Å². The smallest absolute Gasteiger partial charge is 0.229 e. The monoisotopic (exact) mass is 292 g/mol. The summed E-state index contributed by atoms with van der Waals surface area (Å²) in [6.45, 7) is 5.26. The SMILES string of the molecule is Cc1cc(N/C(=C/O)c2ccc(P(C)(C)=O)cc2)on1. The van der Waals surface area contributed by atoms with Crippen LogP contribution in [0.4, 0.5) is 5.88 Å². The topological polar surface area (TPSA) is 75.4 Å². The Bertz CT molecular complexity index is 668. The van der Waals surface area contributed by atoms with Gasteiger partial charge in [-0.3, -0.25) is 0 Å². The van der Waals surface area contributed by atoms with Gasteiger partial charge in [-0.1, -0.05) is 29.4 Å². The highest BCUT2D eigenvalue weighted by Gasteiger charge is 2.12. The van der Waals surface area contributed by atoms with Crippen LogP contribution in [0.2, 0.25) is 0 Å². The second kappa shape index (κ2) is 5.55. The Hall–Kier alpha value is -2.00. The molecule has 20 heavy (non-hydrogen) atoms. The lowest BCUT2D eigenvalue weighted by atomic mass is 10.2. The number of aliphatic hydroxyl groups is 1. The molecule has 0 atom stereocenters. The molecule has 0 saturated carbocycles. The summed E-state index contributed by atoms with van der Waals surface area (Å²) in [4.78, 5) is 0. The van der Waals surface area contributed by atoms with Crippen molar-refractivity contribution >= 4 is 24.0 Å². The van der Waals surface area contributed by atoms with E-state index in [0.29, 0.717) is 11.6 Å². The molecule has 0 saturated heterocycles. The number of hydrogen-bond donors (Lipinski definition) is 2. The summed E-state index contributed by atoms with van der Waals surface area (Å²) >= 11 is 0. The van der Waals surface area contributed by atoms with E-state index in [1.807, 2.05) is 6.92 Å². The van der Waals surface area contributed by atoms with Crippen molar-refractivity contribution < 1.29 is 14.2 Å². The first-order valence-electron chi connectivity index (χ1n) is 6.11. The molecule has 0 aliphatic carbocycles. The van der Waals surface area contributed by atoms with E-state index in [2.05, 4.69) is 10.5 Å². The second-order valence-corrected chi connectivity index (χ2v) is 8.12. The van der Waals surface area contributed by atoms with E-state index >= 15 is 0 Å². The predicted molar refractivity (Wildman–Crippen MR) is 81.0 cm³/mol. The minimum Gasteiger partial charge on any atom is -0.513 e. The number of aryl methyl sites for hydroxylation is 1. The van der Waals surface area contributed by atoms with E-state index in [1.54, 1.807) is 43.7 Å². The Morgan fingerprint density at radius 3 is 2.45 bits per heavy atom. The molecule has 2 rings (SSSR count). The number of hydrogen-bond acceptors (Lipinski definition) is 5. The molecule has 1 aromatic carbocycles. The van der Waals surface area contributed by atoms with E-state index in [1.165, 1.54) is 0 Å². The van der Waals surface area contributed by atoms with Crippen molar-refractivity contribution in [3.63, 3.8) is 0 Å². The molecule has 2 N–H and O–H groups in total. The van der Waals surface area contributed by atoms with Crippen LogP contribution in [-0.4, -0.2) is 23.6 Å². The van der Waals surface area contributed by atoms with Gasteiger partial charge in [0, 0.05) is 16.9 Å². The van der Waals surface area contributed by atoms with Crippen molar-refractivity contribution in [1.29, 1.82) is 0 Å². The standard InChI is InChI=1S/C14H17N2O3P/c1-10-8-14(19-16-10)15-13(9-17)11-4-6-12(7-5-11)20(2,3)18/h4-9,15,17H,1-3H3/b13-9+. The maximum absolute atomic E-state index is 12.0. The number of aromatic nitrogens is 1. The Labute approximate surface area is 117 Å². The molecule has 0 spiro atoms. The number of anilines is 1. The maximum atomic E-state index is 12.0. The molecule has 1 heterocycles. The quantitative estimate of drug-likeness (QED) is 0.668. The van der Waals surface area contributed by atoms with Crippen LogP contribution >= 0.6 is 7.14 Å². The zero-order chi connectivity index (χ0) is 14.8. The van der Waals surface area contributed by atoms with Crippen molar-refractivity contribution in [2.24, 2.45) is 0 Å². The van der Waals surface area contributed by atoms with Crippen molar-refractivity contribution in [2.45, 2.75) is 6.92 Å².